The molecule has 0 aromatic carbocycles. The number of rotatable bonds is 1. The van der Waals surface area contributed by atoms with Crippen LogP contribution < -0.4 is 0 Å². The van der Waals surface area contributed by atoms with Crippen molar-refractivity contribution < 1.29 is 0 Å². The number of aromatic nitrogens is 3. The van der Waals surface area contributed by atoms with Crippen LogP contribution in [0.15, 0.2) is 0 Å². The number of hydrogen-bond donors (Lipinski definition) is 2. The van der Waals surface area contributed by atoms with E-state index < -0.39 is 0 Å². The summed E-state index contributed by atoms with van der Waals surface area (Å²) < 4.78 is 0.607. The summed E-state index contributed by atoms with van der Waals surface area (Å²) in [6, 6.07) is 0. The van der Waals surface area contributed by atoms with E-state index in [2.05, 4.69) is 29.0 Å². The Morgan fingerprint density at radius 3 is 2.22 bits per heavy atom. The molecular weight excluding hydrogens is 242 g/mol. The van der Waals surface area contributed by atoms with E-state index in [1.165, 1.54) is 38.5 Å². The van der Waals surface area contributed by atoms with Crippen molar-refractivity contribution in [2.24, 2.45) is 16.7 Å². The first-order valence-electron chi connectivity index (χ1n) is 7.06. The molecule has 0 spiro atoms. The van der Waals surface area contributed by atoms with E-state index in [0.717, 1.165) is 11.7 Å². The normalized spacial score (nSPS) is 49.8. The van der Waals surface area contributed by atoms with E-state index in [1.54, 1.807) is 0 Å². The molecule has 4 bridgehead atoms. The first-order chi connectivity index (χ1) is 8.41. The Hall–Kier alpha value is -0.640. The fourth-order valence-corrected chi connectivity index (χ4v) is 6.38. The Morgan fingerprint density at radius 2 is 1.72 bits per heavy atom. The van der Waals surface area contributed by atoms with Crippen molar-refractivity contribution in [3.63, 3.8) is 0 Å². The molecule has 1 aromatic heterocycles. The Labute approximate surface area is 113 Å². The zero-order valence-electron chi connectivity index (χ0n) is 11.2. The number of hydrogen-bond acceptors (Lipinski definition) is 2. The predicted octanol–water partition coefficient (Wildman–Crippen LogP) is 3.72. The summed E-state index contributed by atoms with van der Waals surface area (Å²) in [6.45, 7) is 4.98. The van der Waals surface area contributed by atoms with Gasteiger partial charge in [0, 0.05) is 5.41 Å². The smallest absolute Gasteiger partial charge is 0.213 e. The van der Waals surface area contributed by atoms with Gasteiger partial charge in [0.25, 0.3) is 0 Å². The number of nitrogens with one attached hydrogen (secondary N) is 2. The highest BCUT2D eigenvalue weighted by atomic mass is 32.1. The van der Waals surface area contributed by atoms with Crippen molar-refractivity contribution in [1.29, 1.82) is 0 Å². The highest BCUT2D eigenvalue weighted by Gasteiger charge is 2.61. The fourth-order valence-electron chi connectivity index (χ4n) is 6.23. The van der Waals surface area contributed by atoms with Crippen molar-refractivity contribution in [3.05, 3.63) is 10.6 Å². The molecule has 4 heteroatoms. The lowest BCUT2D eigenvalue weighted by Gasteiger charge is -2.64. The van der Waals surface area contributed by atoms with Crippen LogP contribution in [0.5, 0.6) is 0 Å². The van der Waals surface area contributed by atoms with Gasteiger partial charge in [-0.15, -0.1) is 0 Å². The summed E-state index contributed by atoms with van der Waals surface area (Å²) in [5.41, 5.74) is 1.33. The molecule has 4 aliphatic carbocycles. The van der Waals surface area contributed by atoms with Crippen LogP contribution in [-0.2, 0) is 5.41 Å². The Bertz CT molecular complexity index is 539. The lowest BCUT2D eigenvalue weighted by molar-refractivity contribution is -0.112. The lowest BCUT2D eigenvalue weighted by atomic mass is 9.40. The Morgan fingerprint density at radius 1 is 1.06 bits per heavy atom. The lowest BCUT2D eigenvalue weighted by Crippen LogP contribution is -2.57. The third-order valence-corrected chi connectivity index (χ3v) is 5.82. The molecule has 3 nitrogen and oxygen atoms in total. The largest absolute Gasteiger partial charge is 0.285 e. The highest BCUT2D eigenvalue weighted by Crippen LogP contribution is 2.69. The van der Waals surface area contributed by atoms with Crippen molar-refractivity contribution in [2.45, 2.75) is 57.8 Å². The van der Waals surface area contributed by atoms with Gasteiger partial charge in [0.05, 0.1) is 0 Å². The van der Waals surface area contributed by atoms with Gasteiger partial charge in [0.2, 0.25) is 4.77 Å². The second-order valence-electron chi connectivity index (χ2n) is 7.93. The van der Waals surface area contributed by atoms with E-state index in [9.17, 15) is 0 Å². The molecule has 0 amide bonds. The molecule has 0 saturated heterocycles. The molecule has 2 N–H and O–H groups in total. The predicted molar refractivity (Wildman–Crippen MR) is 72.9 cm³/mol. The average molecular weight is 263 g/mol. The van der Waals surface area contributed by atoms with Gasteiger partial charge in [-0.25, -0.2) is 4.98 Å². The number of nitrogens with zero attached hydrogens (tertiary/aromatic N) is 1. The number of aromatic amines is 2. The van der Waals surface area contributed by atoms with Crippen LogP contribution in [0.1, 0.15) is 58.2 Å². The molecular formula is C14H21N3S. The molecule has 4 saturated carbocycles. The van der Waals surface area contributed by atoms with E-state index in [0.29, 0.717) is 15.6 Å². The van der Waals surface area contributed by atoms with E-state index in [-0.39, 0.29) is 5.41 Å². The highest BCUT2D eigenvalue weighted by molar-refractivity contribution is 7.71. The summed E-state index contributed by atoms with van der Waals surface area (Å²) >= 11 is 5.15. The molecule has 1 aromatic rings. The standard InChI is InChI=1S/C14H21N3S/c1-12-3-9-4-13(2,6-12)8-14(5-9,7-12)10-15-11(18)17-16-10/h9H,3-8H2,1-2H3,(H2,15,16,17,18). The minimum absolute atomic E-state index is 0.274. The third kappa shape index (κ3) is 1.41. The maximum atomic E-state index is 5.15. The summed E-state index contributed by atoms with van der Waals surface area (Å²) in [6.07, 6.45) is 8.16. The summed E-state index contributed by atoms with van der Waals surface area (Å²) in [5.74, 6) is 2.03. The molecule has 18 heavy (non-hydrogen) atoms. The monoisotopic (exact) mass is 263 g/mol. The van der Waals surface area contributed by atoms with Crippen LogP contribution in [0.3, 0.4) is 0 Å². The average Bonchev–Trinajstić information content (AvgIpc) is 2.59. The number of H-pyrrole nitrogens is 2. The molecule has 1 heterocycles. The van der Waals surface area contributed by atoms with Gasteiger partial charge in [-0.05, 0) is 67.5 Å². The maximum Gasteiger partial charge on any atom is 0.213 e. The van der Waals surface area contributed by atoms with E-state index >= 15 is 0 Å². The van der Waals surface area contributed by atoms with Crippen molar-refractivity contribution in [2.75, 3.05) is 0 Å². The minimum atomic E-state index is 0.274. The maximum absolute atomic E-state index is 5.15. The summed E-state index contributed by atoms with van der Waals surface area (Å²) in [7, 11) is 0. The van der Waals surface area contributed by atoms with Gasteiger partial charge in [0.1, 0.15) is 5.82 Å². The molecule has 0 radical (unpaired) electrons. The first-order valence-corrected chi connectivity index (χ1v) is 7.47. The van der Waals surface area contributed by atoms with E-state index in [1.807, 2.05) is 0 Å². The van der Waals surface area contributed by atoms with Crippen LogP contribution in [0.2, 0.25) is 0 Å². The molecule has 4 fully saturated rings. The van der Waals surface area contributed by atoms with Gasteiger partial charge in [-0.1, -0.05) is 13.8 Å². The Kier molecular flexibility index (Phi) is 1.92. The van der Waals surface area contributed by atoms with E-state index in [4.69, 9.17) is 12.2 Å². The fraction of sp³-hybridized carbons (Fsp3) is 0.857. The van der Waals surface area contributed by atoms with Crippen molar-refractivity contribution in [1.82, 2.24) is 15.2 Å². The van der Waals surface area contributed by atoms with Crippen LogP contribution in [0.25, 0.3) is 0 Å². The van der Waals surface area contributed by atoms with Crippen molar-refractivity contribution >= 4 is 12.2 Å². The van der Waals surface area contributed by atoms with Gasteiger partial charge >= 0.3 is 0 Å². The molecule has 0 aliphatic heterocycles. The molecule has 4 aliphatic rings. The van der Waals surface area contributed by atoms with Crippen LogP contribution in [0, 0.1) is 21.5 Å². The topological polar surface area (TPSA) is 44.5 Å². The quantitative estimate of drug-likeness (QED) is 0.759. The van der Waals surface area contributed by atoms with Crippen LogP contribution >= 0.6 is 12.2 Å². The second kappa shape index (κ2) is 3.09. The van der Waals surface area contributed by atoms with Gasteiger partial charge in [0.15, 0.2) is 0 Å². The Balaban J connectivity index is 1.84. The zero-order chi connectivity index (χ0) is 12.6. The second-order valence-corrected chi connectivity index (χ2v) is 8.31. The molecule has 5 rings (SSSR count). The molecule has 2 unspecified atom stereocenters. The first kappa shape index (κ1) is 11.2. The summed E-state index contributed by atoms with van der Waals surface area (Å²) in [5, 5.41) is 6.25. The summed E-state index contributed by atoms with van der Waals surface area (Å²) in [4.78, 5) is 4.57. The minimum Gasteiger partial charge on any atom is -0.285 e. The van der Waals surface area contributed by atoms with Crippen LogP contribution in [-0.4, -0.2) is 15.2 Å². The molecule has 98 valence electrons. The SMILES string of the molecule is CC12CC3CC(C)(C1)CC(c1nc(=S)[nH][nH]1)(C3)C2. The zero-order valence-corrected chi connectivity index (χ0v) is 12.0. The van der Waals surface area contributed by atoms with Gasteiger partial charge < -0.3 is 0 Å². The molecule has 2 atom stereocenters. The van der Waals surface area contributed by atoms with Crippen molar-refractivity contribution in [3.8, 4) is 0 Å². The van der Waals surface area contributed by atoms with Crippen LogP contribution in [0.4, 0.5) is 0 Å². The van der Waals surface area contributed by atoms with Gasteiger partial charge in [-0.2, -0.15) is 0 Å². The third-order valence-electron chi connectivity index (χ3n) is 5.63. The van der Waals surface area contributed by atoms with Gasteiger partial charge in [-0.3, -0.25) is 10.2 Å².